The molecule has 0 amide bonds. The van der Waals surface area contributed by atoms with Crippen LogP contribution in [-0.2, 0) is 11.2 Å². The highest BCUT2D eigenvalue weighted by Gasteiger charge is 2.35. The molecule has 0 aliphatic carbocycles. The highest BCUT2D eigenvalue weighted by molar-refractivity contribution is 8.00. The lowest BCUT2D eigenvalue weighted by atomic mass is 9.90. The predicted octanol–water partition coefficient (Wildman–Crippen LogP) is 3.10. The summed E-state index contributed by atoms with van der Waals surface area (Å²) in [6, 6.07) is 10.8. The summed E-state index contributed by atoms with van der Waals surface area (Å²) in [6.45, 7) is 2.10. The molecule has 0 N–H and O–H groups in total. The molecule has 0 spiro atoms. The second-order valence-electron chi connectivity index (χ2n) is 3.55. The molecule has 1 heterocycles. The predicted molar refractivity (Wildman–Crippen MR) is 60.2 cm³/mol. The largest absolute Gasteiger partial charge is 0.196 e. The van der Waals surface area contributed by atoms with Crippen molar-refractivity contribution in [2.45, 2.75) is 24.5 Å². The van der Waals surface area contributed by atoms with Gasteiger partial charge in [0.2, 0.25) is 0 Å². The van der Waals surface area contributed by atoms with Crippen molar-refractivity contribution in [1.29, 1.82) is 5.26 Å². The first kappa shape index (κ1) is 9.61. The molecule has 1 unspecified atom stereocenters. The Morgan fingerprint density at radius 2 is 2.29 bits per heavy atom. The van der Waals surface area contributed by atoms with Gasteiger partial charge in [0.05, 0.1) is 6.07 Å². The average Bonchev–Trinajstić information content (AvgIpc) is 2.28. The number of hydrogen-bond acceptors (Lipinski definition) is 2. The molecule has 1 aliphatic heterocycles. The molecule has 2 rings (SSSR count). The number of aryl methyl sites for hydroxylation is 1. The number of nitriles is 1. The zero-order chi connectivity index (χ0) is 10.0. The average molecular weight is 203 g/mol. The third kappa shape index (κ3) is 1.33. The highest BCUT2D eigenvalue weighted by atomic mass is 32.2. The van der Waals surface area contributed by atoms with Gasteiger partial charge in [0.1, 0.15) is 4.75 Å². The first-order chi connectivity index (χ1) is 6.82. The summed E-state index contributed by atoms with van der Waals surface area (Å²) < 4.78 is -0.283. The van der Waals surface area contributed by atoms with Crippen LogP contribution in [-0.4, -0.2) is 5.75 Å². The summed E-state index contributed by atoms with van der Waals surface area (Å²) in [7, 11) is 0. The van der Waals surface area contributed by atoms with Gasteiger partial charge in [-0.05, 0) is 29.7 Å². The van der Waals surface area contributed by atoms with E-state index in [-0.39, 0.29) is 4.75 Å². The molecule has 2 heteroatoms. The molecular formula is C12H13NS. The van der Waals surface area contributed by atoms with Gasteiger partial charge < -0.3 is 0 Å². The van der Waals surface area contributed by atoms with Gasteiger partial charge >= 0.3 is 0 Å². The van der Waals surface area contributed by atoms with Crippen molar-refractivity contribution in [2.75, 3.05) is 5.75 Å². The minimum atomic E-state index is -0.283. The van der Waals surface area contributed by atoms with Crippen molar-refractivity contribution in [2.24, 2.45) is 0 Å². The third-order valence-corrected chi connectivity index (χ3v) is 4.35. The zero-order valence-electron chi connectivity index (χ0n) is 8.29. The monoisotopic (exact) mass is 203 g/mol. The Labute approximate surface area is 89.1 Å². The summed E-state index contributed by atoms with van der Waals surface area (Å²) in [4.78, 5) is 0. The summed E-state index contributed by atoms with van der Waals surface area (Å²) in [5.74, 6) is 1.07. The van der Waals surface area contributed by atoms with E-state index in [1.54, 1.807) is 11.8 Å². The number of benzene rings is 1. The smallest absolute Gasteiger partial charge is 0.127 e. The van der Waals surface area contributed by atoms with Crippen LogP contribution in [0.3, 0.4) is 0 Å². The van der Waals surface area contributed by atoms with Crippen LogP contribution in [0.4, 0.5) is 0 Å². The Hall–Kier alpha value is -0.940. The van der Waals surface area contributed by atoms with Crippen LogP contribution in [0.2, 0.25) is 0 Å². The van der Waals surface area contributed by atoms with Crippen LogP contribution >= 0.6 is 11.8 Å². The van der Waals surface area contributed by atoms with E-state index in [4.69, 9.17) is 0 Å². The summed E-state index contributed by atoms with van der Waals surface area (Å²) in [6.07, 6.45) is 2.00. The van der Waals surface area contributed by atoms with E-state index in [2.05, 4.69) is 31.2 Å². The van der Waals surface area contributed by atoms with Gasteiger partial charge in [-0.25, -0.2) is 0 Å². The number of thioether (sulfide) groups is 1. The Balaban J connectivity index is 2.55. The second-order valence-corrected chi connectivity index (χ2v) is 4.94. The van der Waals surface area contributed by atoms with Gasteiger partial charge in [0.25, 0.3) is 0 Å². The van der Waals surface area contributed by atoms with E-state index in [9.17, 15) is 5.26 Å². The quantitative estimate of drug-likeness (QED) is 0.700. The lowest BCUT2D eigenvalue weighted by molar-refractivity contribution is 0.727. The SMILES string of the molecule is CCC1(C#N)SCCc2ccccc21. The molecule has 0 fully saturated rings. The second kappa shape index (κ2) is 3.67. The van der Waals surface area contributed by atoms with Crippen molar-refractivity contribution in [3.8, 4) is 6.07 Å². The third-order valence-electron chi connectivity index (χ3n) is 2.85. The maximum Gasteiger partial charge on any atom is 0.127 e. The molecular weight excluding hydrogens is 190 g/mol. The normalized spacial score (nSPS) is 25.1. The standard InChI is InChI=1S/C12H13NS/c1-2-12(9-13)11-6-4-3-5-10(11)7-8-14-12/h3-6H,2,7-8H2,1H3. The Morgan fingerprint density at radius 3 is 3.00 bits per heavy atom. The minimum Gasteiger partial charge on any atom is -0.196 e. The van der Waals surface area contributed by atoms with Crippen molar-refractivity contribution in [3.63, 3.8) is 0 Å². The molecule has 0 radical (unpaired) electrons. The molecule has 72 valence electrons. The van der Waals surface area contributed by atoms with E-state index in [1.807, 2.05) is 6.07 Å². The first-order valence-corrected chi connectivity index (χ1v) is 5.94. The van der Waals surface area contributed by atoms with Crippen LogP contribution in [0.5, 0.6) is 0 Å². The fourth-order valence-corrected chi connectivity index (χ4v) is 3.30. The molecule has 1 nitrogen and oxygen atoms in total. The minimum absolute atomic E-state index is 0.283. The topological polar surface area (TPSA) is 23.8 Å². The van der Waals surface area contributed by atoms with Gasteiger partial charge in [0, 0.05) is 0 Å². The molecule has 14 heavy (non-hydrogen) atoms. The number of rotatable bonds is 1. The molecule has 1 aromatic carbocycles. The number of nitrogens with zero attached hydrogens (tertiary/aromatic N) is 1. The van der Waals surface area contributed by atoms with Gasteiger partial charge in [-0.15, -0.1) is 11.8 Å². The number of fused-ring (bicyclic) bond motifs is 1. The maximum atomic E-state index is 9.32. The first-order valence-electron chi connectivity index (χ1n) is 4.96. The van der Waals surface area contributed by atoms with Crippen LogP contribution < -0.4 is 0 Å². The molecule has 0 saturated heterocycles. The van der Waals surface area contributed by atoms with Crippen LogP contribution in [0.15, 0.2) is 24.3 Å². The molecule has 0 bridgehead atoms. The summed E-state index contributed by atoms with van der Waals surface area (Å²) in [5.41, 5.74) is 2.59. The summed E-state index contributed by atoms with van der Waals surface area (Å²) in [5, 5.41) is 9.32. The lowest BCUT2D eigenvalue weighted by Gasteiger charge is -2.31. The summed E-state index contributed by atoms with van der Waals surface area (Å²) >= 11 is 1.79. The molecule has 1 atom stereocenters. The van der Waals surface area contributed by atoms with Crippen molar-refractivity contribution in [3.05, 3.63) is 35.4 Å². The van der Waals surface area contributed by atoms with E-state index in [1.165, 1.54) is 11.1 Å². The van der Waals surface area contributed by atoms with Gasteiger partial charge in [-0.3, -0.25) is 0 Å². The van der Waals surface area contributed by atoms with Crippen molar-refractivity contribution >= 4 is 11.8 Å². The van der Waals surface area contributed by atoms with Crippen LogP contribution in [0, 0.1) is 11.3 Å². The van der Waals surface area contributed by atoms with E-state index in [0.717, 1.165) is 18.6 Å². The fourth-order valence-electron chi connectivity index (χ4n) is 2.01. The Bertz CT molecular complexity index is 380. The van der Waals surface area contributed by atoms with Crippen molar-refractivity contribution in [1.82, 2.24) is 0 Å². The van der Waals surface area contributed by atoms with Crippen molar-refractivity contribution < 1.29 is 0 Å². The van der Waals surface area contributed by atoms with E-state index < -0.39 is 0 Å². The molecule has 1 aromatic rings. The molecule has 0 saturated carbocycles. The molecule has 0 aromatic heterocycles. The number of hydrogen-bond donors (Lipinski definition) is 0. The van der Waals surface area contributed by atoms with Gasteiger partial charge in [-0.1, -0.05) is 31.2 Å². The lowest BCUT2D eigenvalue weighted by Crippen LogP contribution is -2.25. The highest BCUT2D eigenvalue weighted by Crippen LogP contribution is 2.44. The van der Waals surface area contributed by atoms with E-state index >= 15 is 0 Å². The zero-order valence-corrected chi connectivity index (χ0v) is 9.10. The van der Waals surface area contributed by atoms with Gasteiger partial charge in [-0.2, -0.15) is 5.26 Å². The molecule has 1 aliphatic rings. The Morgan fingerprint density at radius 1 is 1.50 bits per heavy atom. The van der Waals surface area contributed by atoms with E-state index in [0.29, 0.717) is 0 Å². The maximum absolute atomic E-state index is 9.32. The fraction of sp³-hybridized carbons (Fsp3) is 0.417. The van der Waals surface area contributed by atoms with Crippen LogP contribution in [0.25, 0.3) is 0 Å². The Kier molecular flexibility index (Phi) is 2.52. The van der Waals surface area contributed by atoms with Gasteiger partial charge in [0.15, 0.2) is 0 Å². The van der Waals surface area contributed by atoms with Crippen LogP contribution in [0.1, 0.15) is 24.5 Å².